The monoisotopic (exact) mass is 287 g/mol. The molecule has 0 bridgehead atoms. The van der Waals surface area contributed by atoms with Gasteiger partial charge in [0.25, 0.3) is 5.91 Å². The number of nitrogens with one attached hydrogen (secondary N) is 1. The standard InChI is InChI=1S/C14H13N3O2S/c15-8-9-3-5-10(6-4-9)17-13(18)12(16-14(17)19)11-2-1-7-20-11/h1-7,12H,8,15H2,(H,16,19). The first kappa shape index (κ1) is 12.8. The van der Waals surface area contributed by atoms with E-state index in [0.717, 1.165) is 10.4 Å². The van der Waals surface area contributed by atoms with Gasteiger partial charge in [0.1, 0.15) is 6.04 Å². The van der Waals surface area contributed by atoms with Crippen molar-refractivity contribution in [2.24, 2.45) is 5.73 Å². The third-order valence-electron chi connectivity index (χ3n) is 3.20. The van der Waals surface area contributed by atoms with Gasteiger partial charge in [-0.25, -0.2) is 9.69 Å². The third kappa shape index (κ3) is 2.09. The summed E-state index contributed by atoms with van der Waals surface area (Å²) in [6, 6.07) is 9.81. The first-order valence-electron chi connectivity index (χ1n) is 6.17. The van der Waals surface area contributed by atoms with Crippen LogP contribution in [-0.2, 0) is 11.3 Å². The number of amides is 3. The van der Waals surface area contributed by atoms with Crippen molar-refractivity contribution in [3.05, 3.63) is 52.2 Å². The van der Waals surface area contributed by atoms with E-state index in [1.54, 1.807) is 12.1 Å². The van der Waals surface area contributed by atoms with E-state index in [2.05, 4.69) is 5.32 Å². The highest BCUT2D eigenvalue weighted by Gasteiger charge is 2.40. The molecule has 1 aromatic heterocycles. The Kier molecular flexibility index (Phi) is 3.25. The average molecular weight is 287 g/mol. The van der Waals surface area contributed by atoms with E-state index in [1.807, 2.05) is 29.6 Å². The molecule has 0 spiro atoms. The Bertz CT molecular complexity index is 637. The number of hydrogen-bond donors (Lipinski definition) is 2. The van der Waals surface area contributed by atoms with Crippen LogP contribution in [0.2, 0.25) is 0 Å². The van der Waals surface area contributed by atoms with Crippen molar-refractivity contribution in [1.82, 2.24) is 5.32 Å². The van der Waals surface area contributed by atoms with Gasteiger partial charge in [0, 0.05) is 11.4 Å². The van der Waals surface area contributed by atoms with Gasteiger partial charge in [-0.2, -0.15) is 0 Å². The number of anilines is 1. The molecule has 3 rings (SSSR count). The molecule has 1 unspecified atom stereocenters. The topological polar surface area (TPSA) is 75.4 Å². The minimum Gasteiger partial charge on any atom is -0.326 e. The Labute approximate surface area is 120 Å². The van der Waals surface area contributed by atoms with E-state index in [0.29, 0.717) is 12.2 Å². The third-order valence-corrected chi connectivity index (χ3v) is 4.13. The summed E-state index contributed by atoms with van der Waals surface area (Å²) in [7, 11) is 0. The highest BCUT2D eigenvalue weighted by molar-refractivity contribution is 7.10. The first-order valence-corrected chi connectivity index (χ1v) is 7.05. The predicted octanol–water partition coefficient (Wildman–Crippen LogP) is 2.00. The van der Waals surface area contributed by atoms with Crippen molar-refractivity contribution < 1.29 is 9.59 Å². The number of carbonyl (C=O) groups is 2. The van der Waals surface area contributed by atoms with Crippen molar-refractivity contribution in [3.63, 3.8) is 0 Å². The molecule has 6 heteroatoms. The van der Waals surface area contributed by atoms with Crippen LogP contribution in [0.15, 0.2) is 41.8 Å². The number of urea groups is 1. The lowest BCUT2D eigenvalue weighted by Crippen LogP contribution is -2.30. The molecule has 2 heterocycles. The fraction of sp³-hybridized carbons (Fsp3) is 0.143. The zero-order chi connectivity index (χ0) is 14.1. The number of thiophene rings is 1. The van der Waals surface area contributed by atoms with Crippen LogP contribution in [0.1, 0.15) is 16.5 Å². The number of carbonyl (C=O) groups excluding carboxylic acids is 2. The Morgan fingerprint density at radius 1 is 1.20 bits per heavy atom. The summed E-state index contributed by atoms with van der Waals surface area (Å²) in [4.78, 5) is 26.4. The van der Waals surface area contributed by atoms with Crippen molar-refractivity contribution >= 4 is 29.0 Å². The Morgan fingerprint density at radius 3 is 2.55 bits per heavy atom. The van der Waals surface area contributed by atoms with E-state index in [-0.39, 0.29) is 5.91 Å². The van der Waals surface area contributed by atoms with E-state index in [4.69, 9.17) is 5.73 Å². The maximum absolute atomic E-state index is 12.4. The van der Waals surface area contributed by atoms with Crippen LogP contribution in [0.25, 0.3) is 0 Å². The van der Waals surface area contributed by atoms with Crippen LogP contribution in [0.3, 0.4) is 0 Å². The molecule has 1 saturated heterocycles. The normalized spacial score (nSPS) is 18.4. The van der Waals surface area contributed by atoms with Crippen LogP contribution in [0.4, 0.5) is 10.5 Å². The van der Waals surface area contributed by atoms with E-state index in [1.165, 1.54) is 16.2 Å². The molecule has 1 aliphatic rings. The number of nitrogens with zero attached hydrogens (tertiary/aromatic N) is 1. The molecular formula is C14H13N3O2S. The van der Waals surface area contributed by atoms with Gasteiger partial charge in [-0.15, -0.1) is 11.3 Å². The Morgan fingerprint density at radius 2 is 1.95 bits per heavy atom. The molecule has 102 valence electrons. The first-order chi connectivity index (χ1) is 9.70. The molecule has 1 aromatic carbocycles. The number of nitrogens with two attached hydrogens (primary N) is 1. The molecule has 1 aliphatic heterocycles. The summed E-state index contributed by atoms with van der Waals surface area (Å²) in [5, 5.41) is 4.59. The smallest absolute Gasteiger partial charge is 0.326 e. The van der Waals surface area contributed by atoms with Crippen molar-refractivity contribution in [2.45, 2.75) is 12.6 Å². The zero-order valence-electron chi connectivity index (χ0n) is 10.6. The molecule has 3 N–H and O–H groups in total. The minimum atomic E-state index is -0.586. The number of hydrogen-bond acceptors (Lipinski definition) is 4. The van der Waals surface area contributed by atoms with Crippen molar-refractivity contribution in [2.75, 3.05) is 4.90 Å². The molecular weight excluding hydrogens is 274 g/mol. The summed E-state index contributed by atoms with van der Waals surface area (Å²) in [5.74, 6) is -0.252. The summed E-state index contributed by atoms with van der Waals surface area (Å²) in [6.45, 7) is 0.429. The maximum atomic E-state index is 12.4. The van der Waals surface area contributed by atoms with Gasteiger partial charge < -0.3 is 11.1 Å². The van der Waals surface area contributed by atoms with Crippen LogP contribution in [0.5, 0.6) is 0 Å². The van der Waals surface area contributed by atoms with Gasteiger partial charge in [0.15, 0.2) is 0 Å². The highest BCUT2D eigenvalue weighted by atomic mass is 32.1. The summed E-state index contributed by atoms with van der Waals surface area (Å²) >= 11 is 1.45. The molecule has 1 fully saturated rings. The van der Waals surface area contributed by atoms with Crippen LogP contribution in [0, 0.1) is 0 Å². The van der Waals surface area contributed by atoms with Gasteiger partial charge in [-0.3, -0.25) is 4.79 Å². The lowest BCUT2D eigenvalue weighted by Gasteiger charge is -2.13. The second kappa shape index (κ2) is 5.07. The lowest BCUT2D eigenvalue weighted by atomic mass is 10.2. The van der Waals surface area contributed by atoms with Crippen LogP contribution < -0.4 is 16.0 Å². The van der Waals surface area contributed by atoms with E-state index in [9.17, 15) is 9.59 Å². The molecule has 1 atom stereocenters. The molecule has 0 saturated carbocycles. The predicted molar refractivity (Wildman–Crippen MR) is 77.4 cm³/mol. The molecule has 20 heavy (non-hydrogen) atoms. The molecule has 5 nitrogen and oxygen atoms in total. The van der Waals surface area contributed by atoms with Crippen LogP contribution in [-0.4, -0.2) is 11.9 Å². The van der Waals surface area contributed by atoms with Gasteiger partial charge in [0.05, 0.1) is 5.69 Å². The minimum absolute atomic E-state index is 0.252. The number of benzene rings is 1. The largest absolute Gasteiger partial charge is 0.329 e. The molecule has 0 aliphatic carbocycles. The Balaban J connectivity index is 1.90. The SMILES string of the molecule is NCc1ccc(N2C(=O)NC(c3cccs3)C2=O)cc1. The number of rotatable bonds is 3. The quantitative estimate of drug-likeness (QED) is 0.848. The molecule has 2 aromatic rings. The van der Waals surface area contributed by atoms with Crippen LogP contribution >= 0.6 is 11.3 Å². The highest BCUT2D eigenvalue weighted by Crippen LogP contribution is 2.29. The van der Waals surface area contributed by atoms with E-state index >= 15 is 0 Å². The molecule has 0 radical (unpaired) electrons. The van der Waals surface area contributed by atoms with Gasteiger partial charge in [-0.1, -0.05) is 18.2 Å². The number of imide groups is 1. The van der Waals surface area contributed by atoms with Crippen molar-refractivity contribution in [3.8, 4) is 0 Å². The van der Waals surface area contributed by atoms with Gasteiger partial charge >= 0.3 is 6.03 Å². The Hall–Kier alpha value is -2.18. The van der Waals surface area contributed by atoms with Crippen molar-refractivity contribution in [1.29, 1.82) is 0 Å². The fourth-order valence-corrected chi connectivity index (χ4v) is 2.92. The second-order valence-electron chi connectivity index (χ2n) is 4.44. The van der Waals surface area contributed by atoms with E-state index < -0.39 is 12.1 Å². The molecule has 3 amide bonds. The zero-order valence-corrected chi connectivity index (χ0v) is 11.4. The summed E-state index contributed by atoms with van der Waals surface area (Å²) < 4.78 is 0. The average Bonchev–Trinajstić information content (AvgIpc) is 3.07. The maximum Gasteiger partial charge on any atom is 0.329 e. The summed E-state index contributed by atoms with van der Waals surface area (Å²) in [5.41, 5.74) is 7.05. The summed E-state index contributed by atoms with van der Waals surface area (Å²) in [6.07, 6.45) is 0. The lowest BCUT2D eigenvalue weighted by molar-refractivity contribution is -0.118. The second-order valence-corrected chi connectivity index (χ2v) is 5.42. The van der Waals surface area contributed by atoms with Gasteiger partial charge in [0.2, 0.25) is 0 Å². The van der Waals surface area contributed by atoms with Gasteiger partial charge in [-0.05, 0) is 29.1 Å². The fourth-order valence-electron chi connectivity index (χ4n) is 2.15.